The van der Waals surface area contributed by atoms with Gasteiger partial charge < -0.3 is 4.90 Å². The van der Waals surface area contributed by atoms with Crippen LogP contribution in [-0.4, -0.2) is 32.9 Å². The summed E-state index contributed by atoms with van der Waals surface area (Å²) in [6.07, 6.45) is 7.77. The number of hydrogen-bond acceptors (Lipinski definition) is 5. The van der Waals surface area contributed by atoms with Crippen LogP contribution in [0.5, 0.6) is 0 Å². The predicted octanol–water partition coefficient (Wildman–Crippen LogP) is 5.87. The quantitative estimate of drug-likeness (QED) is 0.462. The van der Waals surface area contributed by atoms with Gasteiger partial charge in [-0.3, -0.25) is 4.98 Å². The zero-order chi connectivity index (χ0) is 24.6. The van der Waals surface area contributed by atoms with Crippen LogP contribution >= 0.6 is 0 Å². The highest BCUT2D eigenvalue weighted by atomic mass is 19.1. The Labute approximate surface area is 202 Å². The molecule has 1 saturated heterocycles. The first-order valence-electron chi connectivity index (χ1n) is 11.7. The smallest absolute Gasteiger partial charge is 0.132 e. The van der Waals surface area contributed by atoms with Gasteiger partial charge in [-0.25, -0.2) is 23.1 Å². The maximum atomic E-state index is 14.5. The Morgan fingerprint density at radius 1 is 1.06 bits per heavy atom. The molecule has 1 aliphatic carbocycles. The molecule has 0 unspecified atom stereocenters. The average Bonchev–Trinajstić information content (AvgIpc) is 3.70. The van der Waals surface area contributed by atoms with E-state index < -0.39 is 28.8 Å². The number of aromatic nitrogens is 3. The van der Waals surface area contributed by atoms with E-state index in [1.54, 1.807) is 19.3 Å². The molecule has 1 aromatic carbocycles. The molecule has 0 amide bonds. The van der Waals surface area contributed by atoms with Crippen LogP contribution in [0.1, 0.15) is 49.7 Å². The summed E-state index contributed by atoms with van der Waals surface area (Å²) in [6.45, 7) is 2.77. The summed E-state index contributed by atoms with van der Waals surface area (Å²) in [5.74, 6) is -3.58. The molecular formula is C27H24F3N5. The lowest BCUT2D eigenvalue weighted by atomic mass is 9.67. The van der Waals surface area contributed by atoms with E-state index in [2.05, 4.69) is 25.9 Å². The molecule has 2 aliphatic rings. The van der Waals surface area contributed by atoms with Crippen LogP contribution in [-0.2, 0) is 0 Å². The van der Waals surface area contributed by atoms with Gasteiger partial charge in [-0.2, -0.15) is 5.26 Å². The largest absolute Gasteiger partial charge is 0.371 e. The second kappa shape index (κ2) is 9.14. The first kappa shape index (κ1) is 23.0. The number of pyridine rings is 1. The van der Waals surface area contributed by atoms with E-state index in [0.717, 1.165) is 35.5 Å². The summed E-state index contributed by atoms with van der Waals surface area (Å²) >= 11 is 0. The first-order chi connectivity index (χ1) is 16.9. The molecule has 0 spiro atoms. The Kier molecular flexibility index (Phi) is 6.01. The third kappa shape index (κ3) is 4.27. The molecule has 0 bridgehead atoms. The van der Waals surface area contributed by atoms with E-state index in [0.29, 0.717) is 38.1 Å². The number of allylic oxidation sites excluding steroid dienone is 1. The number of halogens is 3. The molecule has 5 rings (SSSR count). The third-order valence-electron chi connectivity index (χ3n) is 7.22. The lowest BCUT2D eigenvalue weighted by Crippen LogP contribution is -2.41. The SMILES string of the molecule is C[C@H](c1c(F)cc(F)cc1F)C1(C#N)CCN(C(=C2CC2)c2cccnc2-c2ccncn2)CC1. The Bertz CT molecular complexity index is 1300. The van der Waals surface area contributed by atoms with Crippen molar-refractivity contribution >= 4 is 5.70 Å². The summed E-state index contributed by atoms with van der Waals surface area (Å²) in [5.41, 5.74) is 3.72. The lowest BCUT2D eigenvalue weighted by molar-refractivity contribution is 0.167. The molecule has 8 heteroatoms. The normalized spacial score (nSPS) is 17.6. The van der Waals surface area contributed by atoms with Crippen molar-refractivity contribution in [2.75, 3.05) is 13.1 Å². The number of nitrogens with zero attached hydrogens (tertiary/aromatic N) is 5. The van der Waals surface area contributed by atoms with Gasteiger partial charge in [-0.05, 0) is 49.5 Å². The maximum Gasteiger partial charge on any atom is 0.132 e. The number of rotatable bonds is 5. The highest BCUT2D eigenvalue weighted by Crippen LogP contribution is 2.48. The average molecular weight is 476 g/mol. The van der Waals surface area contributed by atoms with Crippen LogP contribution in [0.2, 0.25) is 0 Å². The lowest BCUT2D eigenvalue weighted by Gasteiger charge is -2.43. The highest BCUT2D eigenvalue weighted by Gasteiger charge is 2.43. The zero-order valence-corrected chi connectivity index (χ0v) is 19.3. The van der Waals surface area contributed by atoms with E-state index in [1.807, 2.05) is 18.2 Å². The maximum absolute atomic E-state index is 14.5. The second-order valence-corrected chi connectivity index (χ2v) is 9.21. The van der Waals surface area contributed by atoms with Gasteiger partial charge in [0.1, 0.15) is 23.8 Å². The van der Waals surface area contributed by atoms with Crippen molar-refractivity contribution in [3.63, 3.8) is 0 Å². The molecule has 0 radical (unpaired) electrons. The third-order valence-corrected chi connectivity index (χ3v) is 7.22. The van der Waals surface area contributed by atoms with Crippen molar-refractivity contribution in [2.45, 2.75) is 38.5 Å². The van der Waals surface area contributed by atoms with Crippen LogP contribution < -0.4 is 0 Å². The van der Waals surface area contributed by atoms with Gasteiger partial charge in [0, 0.05) is 60.4 Å². The number of benzene rings is 1. The minimum absolute atomic E-state index is 0.222. The first-order valence-corrected chi connectivity index (χ1v) is 11.7. The summed E-state index contributed by atoms with van der Waals surface area (Å²) < 4.78 is 42.5. The van der Waals surface area contributed by atoms with E-state index in [4.69, 9.17) is 0 Å². The van der Waals surface area contributed by atoms with Crippen LogP contribution in [0.4, 0.5) is 13.2 Å². The molecule has 5 nitrogen and oxygen atoms in total. The summed E-state index contributed by atoms with van der Waals surface area (Å²) in [7, 11) is 0. The van der Waals surface area contributed by atoms with Crippen LogP contribution in [0.15, 0.2) is 54.6 Å². The van der Waals surface area contributed by atoms with Gasteiger partial charge >= 0.3 is 0 Å². The number of nitriles is 1. The van der Waals surface area contributed by atoms with E-state index >= 15 is 0 Å². The Morgan fingerprint density at radius 3 is 2.37 bits per heavy atom. The van der Waals surface area contributed by atoms with Crippen molar-refractivity contribution in [2.24, 2.45) is 5.41 Å². The zero-order valence-electron chi connectivity index (χ0n) is 19.3. The summed E-state index contributed by atoms with van der Waals surface area (Å²) in [6, 6.07) is 9.48. The molecule has 178 valence electrons. The minimum Gasteiger partial charge on any atom is -0.371 e. The fraction of sp³-hybridized carbons (Fsp3) is 0.333. The second-order valence-electron chi connectivity index (χ2n) is 9.21. The Hall–Kier alpha value is -3.73. The molecule has 35 heavy (non-hydrogen) atoms. The van der Waals surface area contributed by atoms with Crippen molar-refractivity contribution in [3.8, 4) is 17.5 Å². The molecule has 1 atom stereocenters. The van der Waals surface area contributed by atoms with Crippen LogP contribution in [0.25, 0.3) is 17.1 Å². The molecule has 1 saturated carbocycles. The predicted molar refractivity (Wildman–Crippen MR) is 125 cm³/mol. The molecule has 3 heterocycles. The molecular weight excluding hydrogens is 451 g/mol. The standard InChI is InChI=1S/C27H24F3N5/c1-17(24-21(29)13-19(28)14-22(24)30)27(15-31)7-11-35(12-8-27)26(18-4-5-18)20-3-2-9-33-25(20)23-6-10-32-16-34-23/h2-3,6,9-10,13-14,16-17H,4-5,7-8,11-12H2,1H3/t17-/m1/s1. The van der Waals surface area contributed by atoms with Gasteiger partial charge in [0.25, 0.3) is 0 Å². The topological polar surface area (TPSA) is 65.7 Å². The van der Waals surface area contributed by atoms with E-state index in [1.165, 1.54) is 11.9 Å². The van der Waals surface area contributed by atoms with Crippen molar-refractivity contribution in [1.82, 2.24) is 19.9 Å². The Morgan fingerprint density at radius 2 is 1.77 bits per heavy atom. The molecule has 2 fully saturated rings. The van der Waals surface area contributed by atoms with Gasteiger partial charge in [0.15, 0.2) is 0 Å². The molecule has 1 aliphatic heterocycles. The van der Waals surface area contributed by atoms with Crippen molar-refractivity contribution in [3.05, 3.63) is 83.2 Å². The van der Waals surface area contributed by atoms with Crippen molar-refractivity contribution in [1.29, 1.82) is 5.26 Å². The van der Waals surface area contributed by atoms with Crippen LogP contribution in [0.3, 0.4) is 0 Å². The van der Waals surface area contributed by atoms with E-state index in [-0.39, 0.29) is 5.56 Å². The molecule has 3 aromatic rings. The highest BCUT2D eigenvalue weighted by molar-refractivity contribution is 5.79. The van der Waals surface area contributed by atoms with Gasteiger partial charge in [-0.15, -0.1) is 0 Å². The monoisotopic (exact) mass is 475 g/mol. The van der Waals surface area contributed by atoms with Crippen molar-refractivity contribution < 1.29 is 13.2 Å². The van der Waals surface area contributed by atoms with Gasteiger partial charge in [0.2, 0.25) is 0 Å². The van der Waals surface area contributed by atoms with Gasteiger partial charge in [-0.1, -0.05) is 6.92 Å². The summed E-state index contributed by atoms with van der Waals surface area (Å²) in [4.78, 5) is 15.2. The van der Waals surface area contributed by atoms with E-state index in [9.17, 15) is 18.4 Å². The number of likely N-dealkylation sites (tertiary alicyclic amines) is 1. The fourth-order valence-electron chi connectivity index (χ4n) is 5.13. The Balaban J connectivity index is 1.44. The van der Waals surface area contributed by atoms with Crippen LogP contribution in [0, 0.1) is 34.2 Å². The minimum atomic E-state index is -0.964. The fourth-order valence-corrected chi connectivity index (χ4v) is 5.13. The number of piperidine rings is 1. The molecule has 0 N–H and O–H groups in total. The number of hydrogen-bond donors (Lipinski definition) is 0. The molecule has 2 aromatic heterocycles. The summed E-state index contributed by atoms with van der Waals surface area (Å²) in [5, 5.41) is 10.1. The van der Waals surface area contributed by atoms with Gasteiger partial charge in [0.05, 0.1) is 22.9 Å².